The van der Waals surface area contributed by atoms with Gasteiger partial charge in [-0.2, -0.15) is 0 Å². The van der Waals surface area contributed by atoms with Crippen molar-refractivity contribution < 1.29 is 14.3 Å². The van der Waals surface area contributed by atoms with Crippen LogP contribution in [0.4, 0.5) is 0 Å². The Morgan fingerprint density at radius 3 is 2.85 bits per heavy atom. The van der Waals surface area contributed by atoms with E-state index in [0.29, 0.717) is 25.1 Å². The Hall–Kier alpha value is -2.70. The van der Waals surface area contributed by atoms with E-state index in [4.69, 9.17) is 4.42 Å². The Balaban J connectivity index is 1.35. The molecule has 1 fully saturated rings. The number of piperidine rings is 1. The second-order valence-corrected chi connectivity index (χ2v) is 6.66. The number of rotatable bonds is 4. The van der Waals surface area contributed by atoms with Gasteiger partial charge in [0.15, 0.2) is 0 Å². The molecule has 0 aliphatic carbocycles. The number of nitrogens with zero attached hydrogens (tertiary/aromatic N) is 2. The summed E-state index contributed by atoms with van der Waals surface area (Å²) in [6.07, 6.45) is 3.25. The summed E-state index contributed by atoms with van der Waals surface area (Å²) in [5.74, 6) is 0.708. The monoisotopic (exact) mass is 351 g/mol. The van der Waals surface area contributed by atoms with Gasteiger partial charge in [0.2, 0.25) is 0 Å². The highest BCUT2D eigenvalue weighted by molar-refractivity contribution is 5.94. The number of carbonyl (C=O) groups is 1. The lowest BCUT2D eigenvalue weighted by atomic mass is 10.0. The summed E-state index contributed by atoms with van der Waals surface area (Å²) in [4.78, 5) is 18.3. The zero-order chi connectivity index (χ0) is 17.9. The second-order valence-electron chi connectivity index (χ2n) is 6.66. The van der Waals surface area contributed by atoms with E-state index in [1.165, 1.54) is 0 Å². The summed E-state index contributed by atoms with van der Waals surface area (Å²) in [5.41, 5.74) is 1.43. The molecule has 1 saturated heterocycles. The fourth-order valence-electron chi connectivity index (χ4n) is 3.40. The van der Waals surface area contributed by atoms with Crippen molar-refractivity contribution in [3.63, 3.8) is 0 Å². The number of aliphatic hydroxyl groups is 1. The summed E-state index contributed by atoms with van der Waals surface area (Å²) < 4.78 is 5.86. The van der Waals surface area contributed by atoms with Crippen LogP contribution in [0.5, 0.6) is 0 Å². The first-order valence-electron chi connectivity index (χ1n) is 8.78. The van der Waals surface area contributed by atoms with Crippen molar-refractivity contribution in [3.8, 4) is 0 Å². The molecule has 134 valence electrons. The third-order valence-corrected chi connectivity index (χ3v) is 4.78. The number of amides is 1. The SMILES string of the molecule is O=C(NC1CCN(Cc2cc3ccccc3o2)CC1O)c1ccncc1. The Morgan fingerprint density at radius 2 is 2.08 bits per heavy atom. The van der Waals surface area contributed by atoms with Crippen molar-refractivity contribution in [2.24, 2.45) is 0 Å². The highest BCUT2D eigenvalue weighted by atomic mass is 16.3. The maximum atomic E-state index is 12.3. The first kappa shape index (κ1) is 16.8. The minimum atomic E-state index is -0.612. The van der Waals surface area contributed by atoms with Crippen molar-refractivity contribution in [1.82, 2.24) is 15.2 Å². The number of carbonyl (C=O) groups excluding carboxylic acids is 1. The second kappa shape index (κ2) is 7.27. The van der Waals surface area contributed by atoms with Crippen molar-refractivity contribution in [1.29, 1.82) is 0 Å². The van der Waals surface area contributed by atoms with E-state index >= 15 is 0 Å². The number of benzene rings is 1. The summed E-state index contributed by atoms with van der Waals surface area (Å²) in [5, 5.41) is 14.5. The smallest absolute Gasteiger partial charge is 0.251 e. The normalized spacial score (nSPS) is 21.0. The van der Waals surface area contributed by atoms with E-state index in [0.717, 1.165) is 23.3 Å². The van der Waals surface area contributed by atoms with Crippen LogP contribution in [0.3, 0.4) is 0 Å². The molecule has 0 saturated carbocycles. The topological polar surface area (TPSA) is 78.6 Å². The van der Waals surface area contributed by atoms with Crippen molar-refractivity contribution >= 4 is 16.9 Å². The number of hydrogen-bond donors (Lipinski definition) is 2. The molecule has 1 aliphatic rings. The molecule has 0 bridgehead atoms. The van der Waals surface area contributed by atoms with E-state index in [1.807, 2.05) is 30.3 Å². The van der Waals surface area contributed by atoms with Gasteiger partial charge in [0.25, 0.3) is 5.91 Å². The van der Waals surface area contributed by atoms with Crippen LogP contribution >= 0.6 is 0 Å². The van der Waals surface area contributed by atoms with Crippen molar-refractivity contribution in [2.45, 2.75) is 25.1 Å². The molecule has 2 atom stereocenters. The summed E-state index contributed by atoms with van der Waals surface area (Å²) in [6, 6.07) is 13.0. The van der Waals surface area contributed by atoms with Gasteiger partial charge in [-0.25, -0.2) is 0 Å². The zero-order valence-electron chi connectivity index (χ0n) is 14.3. The third kappa shape index (κ3) is 3.61. The maximum Gasteiger partial charge on any atom is 0.251 e. The Morgan fingerprint density at radius 1 is 1.27 bits per heavy atom. The molecular formula is C20H21N3O3. The highest BCUT2D eigenvalue weighted by Crippen LogP contribution is 2.21. The van der Waals surface area contributed by atoms with Crippen LogP contribution in [-0.2, 0) is 6.54 Å². The van der Waals surface area contributed by atoms with Gasteiger partial charge in [-0.05, 0) is 30.7 Å². The molecule has 2 N–H and O–H groups in total. The van der Waals surface area contributed by atoms with Crippen LogP contribution in [0.15, 0.2) is 59.3 Å². The maximum absolute atomic E-state index is 12.3. The number of para-hydroxylation sites is 1. The number of aliphatic hydroxyl groups excluding tert-OH is 1. The molecule has 0 spiro atoms. The van der Waals surface area contributed by atoms with Crippen LogP contribution in [0, 0.1) is 0 Å². The van der Waals surface area contributed by atoms with Gasteiger partial charge in [-0.3, -0.25) is 14.7 Å². The lowest BCUT2D eigenvalue weighted by Crippen LogP contribution is -2.53. The highest BCUT2D eigenvalue weighted by Gasteiger charge is 2.29. The number of hydrogen-bond acceptors (Lipinski definition) is 5. The van der Waals surface area contributed by atoms with Gasteiger partial charge < -0.3 is 14.8 Å². The van der Waals surface area contributed by atoms with Gasteiger partial charge in [-0.15, -0.1) is 0 Å². The number of β-amino-alcohol motifs (C(OH)–C–C–N with tert-alkyl or cyclic N) is 1. The molecule has 0 radical (unpaired) electrons. The summed E-state index contributed by atoms with van der Waals surface area (Å²) in [7, 11) is 0. The molecule has 2 unspecified atom stereocenters. The van der Waals surface area contributed by atoms with Crippen LogP contribution in [0.25, 0.3) is 11.0 Å². The minimum absolute atomic E-state index is 0.179. The fraction of sp³-hybridized carbons (Fsp3) is 0.300. The van der Waals surface area contributed by atoms with Gasteiger partial charge in [-0.1, -0.05) is 18.2 Å². The van der Waals surface area contributed by atoms with Crippen molar-refractivity contribution in [2.75, 3.05) is 13.1 Å². The van der Waals surface area contributed by atoms with Crippen LogP contribution in [0.1, 0.15) is 22.5 Å². The molecule has 2 aromatic heterocycles. The molecule has 26 heavy (non-hydrogen) atoms. The van der Waals surface area contributed by atoms with E-state index < -0.39 is 6.10 Å². The molecule has 1 aromatic carbocycles. The number of aromatic nitrogens is 1. The average Bonchev–Trinajstić information content (AvgIpc) is 3.07. The molecule has 3 heterocycles. The quantitative estimate of drug-likeness (QED) is 0.753. The zero-order valence-corrected chi connectivity index (χ0v) is 14.3. The molecule has 6 nitrogen and oxygen atoms in total. The lowest BCUT2D eigenvalue weighted by Gasteiger charge is -2.35. The Bertz CT molecular complexity index is 860. The minimum Gasteiger partial charge on any atom is -0.460 e. The molecule has 3 aromatic rings. The van der Waals surface area contributed by atoms with E-state index in [1.54, 1.807) is 24.5 Å². The van der Waals surface area contributed by atoms with Gasteiger partial charge in [0.1, 0.15) is 11.3 Å². The van der Waals surface area contributed by atoms with E-state index in [2.05, 4.69) is 15.2 Å². The van der Waals surface area contributed by atoms with Gasteiger partial charge >= 0.3 is 0 Å². The van der Waals surface area contributed by atoms with E-state index in [9.17, 15) is 9.90 Å². The Kier molecular flexibility index (Phi) is 4.69. The average molecular weight is 351 g/mol. The fourth-order valence-corrected chi connectivity index (χ4v) is 3.40. The van der Waals surface area contributed by atoms with Crippen LogP contribution in [-0.4, -0.2) is 46.1 Å². The molecule has 1 amide bonds. The summed E-state index contributed by atoms with van der Waals surface area (Å²) in [6.45, 7) is 1.94. The first-order chi connectivity index (χ1) is 12.7. The predicted molar refractivity (Wildman–Crippen MR) is 97.6 cm³/mol. The largest absolute Gasteiger partial charge is 0.460 e. The molecule has 4 rings (SSSR count). The third-order valence-electron chi connectivity index (χ3n) is 4.78. The molecule has 6 heteroatoms. The number of pyridine rings is 1. The van der Waals surface area contributed by atoms with Gasteiger partial charge in [0.05, 0.1) is 18.7 Å². The summed E-state index contributed by atoms with van der Waals surface area (Å²) >= 11 is 0. The molecular weight excluding hydrogens is 330 g/mol. The lowest BCUT2D eigenvalue weighted by molar-refractivity contribution is 0.0328. The number of likely N-dealkylation sites (tertiary alicyclic amines) is 1. The first-order valence-corrected chi connectivity index (χ1v) is 8.78. The van der Waals surface area contributed by atoms with Gasteiger partial charge in [0, 0.05) is 36.4 Å². The van der Waals surface area contributed by atoms with Crippen molar-refractivity contribution in [3.05, 3.63) is 66.2 Å². The van der Waals surface area contributed by atoms with E-state index in [-0.39, 0.29) is 11.9 Å². The standard InChI is InChI=1S/C20H21N3O3/c24-18-13-23(12-16-11-15-3-1-2-4-19(15)26-16)10-7-17(18)22-20(25)14-5-8-21-9-6-14/h1-6,8-9,11,17-18,24H,7,10,12-13H2,(H,22,25). The van der Waals surface area contributed by atoms with Crippen LogP contribution in [0.2, 0.25) is 0 Å². The number of fused-ring (bicyclic) bond motifs is 1. The number of furan rings is 1. The Labute approximate surface area is 151 Å². The predicted octanol–water partition coefficient (Wildman–Crippen LogP) is 2.19. The van der Waals surface area contributed by atoms with Crippen LogP contribution < -0.4 is 5.32 Å². The number of nitrogens with one attached hydrogen (secondary N) is 1. The molecule has 1 aliphatic heterocycles.